The van der Waals surface area contributed by atoms with E-state index in [9.17, 15) is 14.9 Å². The zero-order valence-corrected chi connectivity index (χ0v) is 15.1. The minimum absolute atomic E-state index is 0.246. The van der Waals surface area contributed by atoms with E-state index >= 15 is 0 Å². The van der Waals surface area contributed by atoms with E-state index in [-0.39, 0.29) is 18.1 Å². The van der Waals surface area contributed by atoms with Crippen molar-refractivity contribution in [1.29, 1.82) is 5.26 Å². The van der Waals surface area contributed by atoms with Crippen LogP contribution in [0.5, 0.6) is 0 Å². The lowest BCUT2D eigenvalue weighted by molar-refractivity contribution is 0.0531. The van der Waals surface area contributed by atoms with Gasteiger partial charge in [0.25, 0.3) is 5.91 Å². The van der Waals surface area contributed by atoms with Crippen molar-refractivity contribution < 1.29 is 14.3 Å². The van der Waals surface area contributed by atoms with Crippen LogP contribution in [0.2, 0.25) is 0 Å². The molecule has 1 heterocycles. The monoisotopic (exact) mass is 364 g/mol. The number of carbonyl (C=O) groups is 2. The minimum atomic E-state index is -0.489. The number of esters is 1. The van der Waals surface area contributed by atoms with E-state index in [0.29, 0.717) is 21.0 Å². The Kier molecular flexibility index (Phi) is 5.01. The third-order valence-corrected chi connectivity index (χ3v) is 5.17. The number of nitrogens with zero attached hydrogens (tertiary/aromatic N) is 1. The van der Waals surface area contributed by atoms with E-state index in [1.54, 1.807) is 19.9 Å². The van der Waals surface area contributed by atoms with Gasteiger partial charge in [-0.1, -0.05) is 36.4 Å². The van der Waals surface area contributed by atoms with Crippen molar-refractivity contribution in [3.8, 4) is 6.07 Å². The molecule has 0 fully saturated rings. The molecule has 1 N–H and O–H groups in total. The average molecular weight is 364 g/mol. The van der Waals surface area contributed by atoms with Gasteiger partial charge >= 0.3 is 5.97 Å². The van der Waals surface area contributed by atoms with E-state index in [4.69, 9.17) is 4.74 Å². The molecule has 0 aliphatic heterocycles. The van der Waals surface area contributed by atoms with Crippen LogP contribution in [0.4, 0.5) is 5.00 Å². The Balaban J connectivity index is 1.98. The summed E-state index contributed by atoms with van der Waals surface area (Å²) < 4.78 is 5.02. The van der Waals surface area contributed by atoms with Gasteiger partial charge in [0.05, 0.1) is 12.2 Å². The van der Waals surface area contributed by atoms with Crippen LogP contribution in [0.25, 0.3) is 10.8 Å². The smallest absolute Gasteiger partial charge is 0.348 e. The lowest BCUT2D eigenvalue weighted by atomic mass is 10.0. The predicted molar refractivity (Wildman–Crippen MR) is 102 cm³/mol. The normalized spacial score (nSPS) is 10.3. The van der Waals surface area contributed by atoms with Gasteiger partial charge in [-0.25, -0.2) is 4.79 Å². The van der Waals surface area contributed by atoms with Gasteiger partial charge in [-0.05, 0) is 36.2 Å². The number of nitriles is 1. The van der Waals surface area contributed by atoms with Gasteiger partial charge in [0.2, 0.25) is 0 Å². The lowest BCUT2D eigenvalue weighted by Crippen LogP contribution is -2.12. The second kappa shape index (κ2) is 7.38. The number of anilines is 1. The molecule has 0 aliphatic carbocycles. The molecule has 0 aliphatic rings. The number of thiophene rings is 1. The van der Waals surface area contributed by atoms with Gasteiger partial charge in [0, 0.05) is 5.56 Å². The average Bonchev–Trinajstić information content (AvgIpc) is 2.96. The molecule has 0 bridgehead atoms. The van der Waals surface area contributed by atoms with Crippen molar-refractivity contribution >= 4 is 39.0 Å². The number of amides is 1. The summed E-state index contributed by atoms with van der Waals surface area (Å²) in [5, 5.41) is 14.3. The van der Waals surface area contributed by atoms with Crippen molar-refractivity contribution in [3.63, 3.8) is 0 Å². The standard InChI is InChI=1S/C20H16N2O3S/c1-3-25-20(24)17-12(2)16(11-21)19(26-17)22-18(23)15-10-6-8-13-7-4-5-9-14(13)15/h4-10H,3H2,1-2H3,(H,22,23). The summed E-state index contributed by atoms with van der Waals surface area (Å²) in [6.45, 7) is 3.64. The number of rotatable bonds is 4. The highest BCUT2D eigenvalue weighted by Crippen LogP contribution is 2.33. The second-order valence-electron chi connectivity index (χ2n) is 5.57. The quantitative estimate of drug-likeness (QED) is 0.691. The van der Waals surface area contributed by atoms with Crippen LogP contribution >= 0.6 is 11.3 Å². The molecule has 0 radical (unpaired) electrons. The molecule has 2 aromatic carbocycles. The van der Waals surface area contributed by atoms with Crippen LogP contribution in [0.15, 0.2) is 42.5 Å². The molecule has 1 amide bonds. The van der Waals surface area contributed by atoms with Crippen LogP contribution in [-0.2, 0) is 4.74 Å². The molecule has 26 heavy (non-hydrogen) atoms. The first kappa shape index (κ1) is 17.6. The molecule has 3 rings (SSSR count). The molecule has 3 aromatic rings. The number of carbonyl (C=O) groups excluding carboxylic acids is 2. The van der Waals surface area contributed by atoms with E-state index in [1.165, 1.54) is 0 Å². The van der Waals surface area contributed by atoms with E-state index in [2.05, 4.69) is 11.4 Å². The summed E-state index contributed by atoms with van der Waals surface area (Å²) in [4.78, 5) is 25.2. The fourth-order valence-electron chi connectivity index (χ4n) is 2.72. The Bertz CT molecular complexity index is 1040. The van der Waals surface area contributed by atoms with Crippen LogP contribution < -0.4 is 5.32 Å². The summed E-state index contributed by atoms with van der Waals surface area (Å²) in [5.41, 5.74) is 1.31. The SMILES string of the molecule is CCOC(=O)c1sc(NC(=O)c2cccc3ccccc23)c(C#N)c1C. The summed E-state index contributed by atoms with van der Waals surface area (Å²) in [6.07, 6.45) is 0. The highest BCUT2D eigenvalue weighted by molar-refractivity contribution is 7.18. The van der Waals surface area contributed by atoms with Gasteiger partial charge in [0.1, 0.15) is 15.9 Å². The zero-order valence-electron chi connectivity index (χ0n) is 14.3. The third kappa shape index (κ3) is 3.17. The maximum absolute atomic E-state index is 12.8. The molecular weight excluding hydrogens is 348 g/mol. The third-order valence-electron chi connectivity index (χ3n) is 3.98. The number of fused-ring (bicyclic) bond motifs is 1. The molecule has 1 aromatic heterocycles. The Labute approximate surface area is 154 Å². The number of hydrogen-bond donors (Lipinski definition) is 1. The Morgan fingerprint density at radius 1 is 1.19 bits per heavy atom. The highest BCUT2D eigenvalue weighted by atomic mass is 32.1. The summed E-state index contributed by atoms with van der Waals surface area (Å²) >= 11 is 1.06. The number of hydrogen-bond acceptors (Lipinski definition) is 5. The molecule has 0 spiro atoms. The Hall–Kier alpha value is -3.17. The molecule has 6 heteroatoms. The number of ether oxygens (including phenoxy) is 1. The largest absolute Gasteiger partial charge is 0.462 e. The first-order chi connectivity index (χ1) is 12.6. The summed E-state index contributed by atoms with van der Waals surface area (Å²) in [6, 6.07) is 15.1. The first-order valence-electron chi connectivity index (χ1n) is 8.06. The van der Waals surface area contributed by atoms with Crippen molar-refractivity contribution in [2.45, 2.75) is 13.8 Å². The van der Waals surface area contributed by atoms with Gasteiger partial charge in [-0.15, -0.1) is 11.3 Å². The number of benzene rings is 2. The fraction of sp³-hybridized carbons (Fsp3) is 0.150. The van der Waals surface area contributed by atoms with Crippen LogP contribution in [-0.4, -0.2) is 18.5 Å². The van der Waals surface area contributed by atoms with Crippen molar-refractivity contribution in [1.82, 2.24) is 0 Å². The van der Waals surface area contributed by atoms with Gasteiger partial charge < -0.3 is 10.1 Å². The van der Waals surface area contributed by atoms with Gasteiger partial charge in [-0.2, -0.15) is 5.26 Å². The van der Waals surface area contributed by atoms with E-state index in [0.717, 1.165) is 22.1 Å². The molecule has 130 valence electrons. The lowest BCUT2D eigenvalue weighted by Gasteiger charge is -2.07. The van der Waals surface area contributed by atoms with E-state index in [1.807, 2.05) is 36.4 Å². The predicted octanol–water partition coefficient (Wildman–Crippen LogP) is 4.51. The molecule has 0 saturated carbocycles. The van der Waals surface area contributed by atoms with Gasteiger partial charge in [-0.3, -0.25) is 4.79 Å². The van der Waals surface area contributed by atoms with Crippen LogP contribution in [0.3, 0.4) is 0 Å². The Morgan fingerprint density at radius 2 is 1.92 bits per heavy atom. The molecule has 0 unspecified atom stereocenters. The molecular formula is C20H16N2O3S. The molecule has 0 saturated heterocycles. The molecule has 0 atom stereocenters. The second-order valence-corrected chi connectivity index (χ2v) is 6.59. The van der Waals surface area contributed by atoms with E-state index < -0.39 is 5.97 Å². The van der Waals surface area contributed by atoms with Crippen LogP contribution in [0.1, 0.15) is 38.1 Å². The van der Waals surface area contributed by atoms with Crippen LogP contribution in [0, 0.1) is 18.3 Å². The fourth-order valence-corrected chi connectivity index (χ4v) is 3.77. The Morgan fingerprint density at radius 3 is 2.65 bits per heavy atom. The van der Waals surface area contributed by atoms with Crippen molar-refractivity contribution in [2.75, 3.05) is 11.9 Å². The maximum Gasteiger partial charge on any atom is 0.348 e. The number of nitrogens with one attached hydrogen (secondary N) is 1. The zero-order chi connectivity index (χ0) is 18.7. The molecule has 5 nitrogen and oxygen atoms in total. The first-order valence-corrected chi connectivity index (χ1v) is 8.88. The van der Waals surface area contributed by atoms with Crippen molar-refractivity contribution in [3.05, 3.63) is 64.0 Å². The van der Waals surface area contributed by atoms with Crippen molar-refractivity contribution in [2.24, 2.45) is 0 Å². The topological polar surface area (TPSA) is 79.2 Å². The maximum atomic E-state index is 12.8. The highest BCUT2D eigenvalue weighted by Gasteiger charge is 2.23. The summed E-state index contributed by atoms with van der Waals surface area (Å²) in [7, 11) is 0. The van der Waals surface area contributed by atoms with Gasteiger partial charge in [0.15, 0.2) is 0 Å². The summed E-state index contributed by atoms with van der Waals surface area (Å²) in [5.74, 6) is -0.813. The minimum Gasteiger partial charge on any atom is -0.462 e.